The molecule has 3 aromatic rings. The molecular weight excluding hydrogens is 370 g/mol. The number of benzene rings is 2. The van der Waals surface area contributed by atoms with E-state index in [0.29, 0.717) is 48.5 Å². The summed E-state index contributed by atoms with van der Waals surface area (Å²) in [5, 5.41) is 3.38. The Hall–Kier alpha value is -3.35. The van der Waals surface area contributed by atoms with Gasteiger partial charge in [-0.1, -0.05) is 0 Å². The van der Waals surface area contributed by atoms with Crippen molar-refractivity contribution in [2.45, 2.75) is 26.3 Å². The number of aromatic nitrogens is 2. The van der Waals surface area contributed by atoms with Crippen LogP contribution in [0.4, 0.5) is 0 Å². The summed E-state index contributed by atoms with van der Waals surface area (Å²) in [4.78, 5) is 29.5. The van der Waals surface area contributed by atoms with Gasteiger partial charge in [-0.3, -0.25) is 14.2 Å². The van der Waals surface area contributed by atoms with Gasteiger partial charge < -0.3 is 14.8 Å². The third kappa shape index (κ3) is 4.08. The summed E-state index contributed by atoms with van der Waals surface area (Å²) in [5.41, 5.74) is 1.02. The first kappa shape index (κ1) is 19.0. The second-order valence-corrected chi connectivity index (χ2v) is 6.83. The van der Waals surface area contributed by atoms with Crippen molar-refractivity contribution in [3.8, 4) is 11.5 Å². The molecule has 0 saturated heterocycles. The molecule has 0 spiro atoms. The molecular formula is C22H23N3O4. The highest BCUT2D eigenvalue weighted by Crippen LogP contribution is 2.18. The number of hydrogen-bond donors (Lipinski definition) is 1. The fraction of sp³-hybridized carbons (Fsp3) is 0.318. The fourth-order valence-electron chi connectivity index (χ4n) is 3.46. The van der Waals surface area contributed by atoms with Crippen molar-refractivity contribution in [3.05, 3.63) is 64.2 Å². The second-order valence-electron chi connectivity index (χ2n) is 6.83. The van der Waals surface area contributed by atoms with Gasteiger partial charge in [-0.15, -0.1) is 0 Å². The van der Waals surface area contributed by atoms with Gasteiger partial charge in [0.05, 0.1) is 24.1 Å². The van der Waals surface area contributed by atoms with Crippen LogP contribution >= 0.6 is 0 Å². The number of carbonyl (C=O) groups excluding carboxylic acids is 1. The average molecular weight is 393 g/mol. The third-order valence-electron chi connectivity index (χ3n) is 4.87. The first-order valence-corrected chi connectivity index (χ1v) is 9.83. The Kier molecular flexibility index (Phi) is 5.46. The number of aryl methyl sites for hydroxylation is 1. The molecule has 0 aliphatic carbocycles. The Morgan fingerprint density at radius 2 is 1.90 bits per heavy atom. The second kappa shape index (κ2) is 8.34. The molecule has 0 unspecified atom stereocenters. The highest BCUT2D eigenvalue weighted by Gasteiger charge is 2.17. The number of nitrogens with zero attached hydrogens (tertiary/aromatic N) is 2. The largest absolute Gasteiger partial charge is 0.494 e. The minimum atomic E-state index is -0.218. The Balaban J connectivity index is 1.35. The van der Waals surface area contributed by atoms with Crippen LogP contribution in [-0.2, 0) is 13.0 Å². The van der Waals surface area contributed by atoms with Crippen LogP contribution < -0.4 is 20.3 Å². The number of amides is 1. The van der Waals surface area contributed by atoms with E-state index in [-0.39, 0.29) is 11.5 Å². The van der Waals surface area contributed by atoms with Crippen LogP contribution in [0.1, 0.15) is 29.5 Å². The normalized spacial score (nSPS) is 12.6. The van der Waals surface area contributed by atoms with E-state index in [2.05, 4.69) is 10.3 Å². The Bertz CT molecular complexity index is 1090. The molecule has 0 saturated carbocycles. The number of hydrogen-bond acceptors (Lipinski definition) is 5. The molecule has 0 radical (unpaired) electrons. The van der Waals surface area contributed by atoms with Crippen LogP contribution in [-0.4, -0.2) is 35.2 Å². The van der Waals surface area contributed by atoms with Crippen LogP contribution in [0.5, 0.6) is 11.5 Å². The van der Waals surface area contributed by atoms with Crippen LogP contribution in [0.15, 0.2) is 47.3 Å². The lowest BCUT2D eigenvalue weighted by Crippen LogP contribution is -2.28. The zero-order valence-corrected chi connectivity index (χ0v) is 16.3. The van der Waals surface area contributed by atoms with Gasteiger partial charge >= 0.3 is 0 Å². The summed E-state index contributed by atoms with van der Waals surface area (Å²) in [6.07, 6.45) is 1.73. The lowest BCUT2D eigenvalue weighted by molar-refractivity contribution is 0.0947. The van der Waals surface area contributed by atoms with E-state index in [1.165, 1.54) is 0 Å². The lowest BCUT2D eigenvalue weighted by atomic mass is 10.1. The number of rotatable bonds is 7. The molecule has 2 heterocycles. The zero-order chi connectivity index (χ0) is 20.2. The Labute approximate surface area is 168 Å². The molecule has 1 aliphatic rings. The van der Waals surface area contributed by atoms with Crippen LogP contribution in [0, 0.1) is 0 Å². The monoisotopic (exact) mass is 393 g/mol. The molecule has 1 amide bonds. The van der Waals surface area contributed by atoms with Crippen molar-refractivity contribution in [2.75, 3.05) is 19.8 Å². The van der Waals surface area contributed by atoms with E-state index in [1.807, 2.05) is 31.2 Å². The molecule has 1 aromatic heterocycles. The maximum atomic E-state index is 12.5. The van der Waals surface area contributed by atoms with Crippen molar-refractivity contribution in [3.63, 3.8) is 0 Å². The van der Waals surface area contributed by atoms with Gasteiger partial charge in [0.15, 0.2) is 0 Å². The van der Waals surface area contributed by atoms with Crippen LogP contribution in [0.3, 0.4) is 0 Å². The number of nitrogens with one attached hydrogen (secondary N) is 1. The van der Waals surface area contributed by atoms with E-state index < -0.39 is 0 Å². The Morgan fingerprint density at radius 3 is 2.66 bits per heavy atom. The molecule has 29 heavy (non-hydrogen) atoms. The fourth-order valence-corrected chi connectivity index (χ4v) is 3.46. The molecule has 7 heteroatoms. The van der Waals surface area contributed by atoms with E-state index in [9.17, 15) is 9.59 Å². The minimum absolute atomic E-state index is 0.0294. The maximum absolute atomic E-state index is 12.5. The minimum Gasteiger partial charge on any atom is -0.494 e. The van der Waals surface area contributed by atoms with Crippen molar-refractivity contribution in [2.24, 2.45) is 0 Å². The average Bonchev–Trinajstić information content (AvgIpc) is 3.21. The number of carbonyl (C=O) groups is 1. The summed E-state index contributed by atoms with van der Waals surface area (Å²) in [6, 6.07) is 12.4. The standard InChI is InChI=1S/C22H23N3O4/c1-2-28-16-6-8-17(9-7-16)29-13-11-23-21(26)15-5-10-18-19(14-15)24-20-4-3-12-25(20)22(18)27/h5-10,14H,2-4,11-13H2,1H3,(H,23,26). The first-order chi connectivity index (χ1) is 14.2. The molecule has 0 fully saturated rings. The summed E-state index contributed by atoms with van der Waals surface area (Å²) in [5.74, 6) is 2.09. The van der Waals surface area contributed by atoms with Crippen LogP contribution in [0.25, 0.3) is 10.9 Å². The molecule has 0 atom stereocenters. The molecule has 4 rings (SSSR count). The van der Waals surface area contributed by atoms with Crippen molar-refractivity contribution >= 4 is 16.8 Å². The van der Waals surface area contributed by atoms with Gasteiger partial charge in [0, 0.05) is 18.5 Å². The van der Waals surface area contributed by atoms with Gasteiger partial charge in [-0.2, -0.15) is 0 Å². The molecule has 0 bridgehead atoms. The van der Waals surface area contributed by atoms with E-state index in [0.717, 1.165) is 24.4 Å². The SMILES string of the molecule is CCOc1ccc(OCCNC(=O)c2ccc3c(=O)n4c(nc3c2)CCC4)cc1. The Morgan fingerprint density at radius 1 is 1.14 bits per heavy atom. The highest BCUT2D eigenvalue weighted by molar-refractivity contribution is 5.97. The van der Waals surface area contributed by atoms with E-state index >= 15 is 0 Å². The molecule has 1 aliphatic heterocycles. The topological polar surface area (TPSA) is 82.5 Å². The van der Waals surface area contributed by atoms with Gasteiger partial charge in [0.2, 0.25) is 0 Å². The van der Waals surface area contributed by atoms with Gasteiger partial charge in [0.25, 0.3) is 11.5 Å². The first-order valence-electron chi connectivity index (χ1n) is 9.83. The number of ether oxygens (including phenoxy) is 2. The van der Waals surface area contributed by atoms with Crippen molar-refractivity contribution in [1.29, 1.82) is 0 Å². The summed E-state index contributed by atoms with van der Waals surface area (Å²) < 4.78 is 12.7. The summed E-state index contributed by atoms with van der Waals surface area (Å²) >= 11 is 0. The summed E-state index contributed by atoms with van der Waals surface area (Å²) in [7, 11) is 0. The predicted molar refractivity (Wildman–Crippen MR) is 110 cm³/mol. The molecule has 1 N–H and O–H groups in total. The zero-order valence-electron chi connectivity index (χ0n) is 16.3. The third-order valence-corrected chi connectivity index (χ3v) is 4.87. The number of fused-ring (bicyclic) bond motifs is 2. The summed E-state index contributed by atoms with van der Waals surface area (Å²) in [6.45, 7) is 3.98. The van der Waals surface area contributed by atoms with Gasteiger partial charge in [-0.05, 0) is 55.8 Å². The predicted octanol–water partition coefficient (Wildman–Crippen LogP) is 2.55. The van der Waals surface area contributed by atoms with Gasteiger partial charge in [-0.25, -0.2) is 4.98 Å². The molecule has 150 valence electrons. The van der Waals surface area contributed by atoms with Gasteiger partial charge in [0.1, 0.15) is 23.9 Å². The van der Waals surface area contributed by atoms with Crippen molar-refractivity contribution in [1.82, 2.24) is 14.9 Å². The van der Waals surface area contributed by atoms with E-state index in [1.54, 1.807) is 22.8 Å². The van der Waals surface area contributed by atoms with Crippen molar-refractivity contribution < 1.29 is 14.3 Å². The molecule has 2 aromatic carbocycles. The maximum Gasteiger partial charge on any atom is 0.261 e. The molecule has 7 nitrogen and oxygen atoms in total. The quantitative estimate of drug-likeness (QED) is 0.624. The lowest BCUT2D eigenvalue weighted by Gasteiger charge is -2.10. The van der Waals surface area contributed by atoms with Crippen LogP contribution in [0.2, 0.25) is 0 Å². The highest BCUT2D eigenvalue weighted by atomic mass is 16.5. The smallest absolute Gasteiger partial charge is 0.261 e. The van der Waals surface area contributed by atoms with E-state index in [4.69, 9.17) is 9.47 Å².